The number of guanidine groups is 1. The molecule has 3 N–H and O–H groups in total. The Bertz CT molecular complexity index is 419. The van der Waals surface area contributed by atoms with Crippen molar-refractivity contribution in [3.05, 3.63) is 34.3 Å². The second-order valence-electron chi connectivity index (χ2n) is 4.77. The van der Waals surface area contributed by atoms with Gasteiger partial charge in [0.25, 0.3) is 0 Å². The average molecular weight is 438 g/mol. The fourth-order valence-corrected chi connectivity index (χ4v) is 2.29. The molecular weight excluding hydrogens is 417 g/mol. The molecule has 0 aromatic heterocycles. The molecule has 2 atom stereocenters. The molecule has 0 spiro atoms. The molecule has 1 aliphatic carbocycles. The zero-order valence-corrected chi connectivity index (χ0v) is 15.0. The minimum absolute atomic E-state index is 0. The van der Waals surface area contributed by atoms with Crippen LogP contribution in [0, 0.1) is 0 Å². The van der Waals surface area contributed by atoms with Gasteiger partial charge in [0.05, 0.1) is 0 Å². The molecule has 0 bridgehead atoms. The number of benzene rings is 1. The van der Waals surface area contributed by atoms with Gasteiger partial charge in [-0.1, -0.05) is 41.4 Å². The monoisotopic (exact) mass is 437 g/mol. The molecule has 1 aromatic rings. The molecule has 2 unspecified atom stereocenters. The molecule has 1 aliphatic rings. The van der Waals surface area contributed by atoms with Crippen LogP contribution in [0.1, 0.15) is 37.7 Å². The van der Waals surface area contributed by atoms with Crippen LogP contribution >= 0.6 is 39.9 Å². The summed E-state index contributed by atoms with van der Waals surface area (Å²) in [6.07, 6.45) is 3.40. The van der Waals surface area contributed by atoms with E-state index in [4.69, 9.17) is 5.73 Å². The molecule has 3 nitrogen and oxygen atoms in total. The summed E-state index contributed by atoms with van der Waals surface area (Å²) in [6, 6.07) is 8.96. The first-order chi connectivity index (χ1) is 8.70. The lowest BCUT2D eigenvalue weighted by molar-refractivity contribution is 0.789. The van der Waals surface area contributed by atoms with Gasteiger partial charge in [0.15, 0.2) is 5.96 Å². The van der Waals surface area contributed by atoms with Crippen molar-refractivity contribution >= 4 is 45.9 Å². The third kappa shape index (κ3) is 5.30. The van der Waals surface area contributed by atoms with E-state index in [0.717, 1.165) is 30.3 Å². The lowest BCUT2D eigenvalue weighted by Crippen LogP contribution is -2.34. The average Bonchev–Trinajstić information content (AvgIpc) is 3.09. The van der Waals surface area contributed by atoms with E-state index in [2.05, 4.69) is 57.4 Å². The maximum absolute atomic E-state index is 5.85. The molecular formula is C14H21BrIN3. The van der Waals surface area contributed by atoms with E-state index in [1.807, 2.05) is 0 Å². The molecule has 0 heterocycles. The highest BCUT2D eigenvalue weighted by atomic mass is 127. The topological polar surface area (TPSA) is 50.4 Å². The maximum Gasteiger partial charge on any atom is 0.188 e. The van der Waals surface area contributed by atoms with E-state index in [-0.39, 0.29) is 24.0 Å². The van der Waals surface area contributed by atoms with Gasteiger partial charge in [-0.25, -0.2) is 0 Å². The van der Waals surface area contributed by atoms with Crippen LogP contribution in [-0.2, 0) is 0 Å². The van der Waals surface area contributed by atoms with Gasteiger partial charge in [-0.15, -0.1) is 24.0 Å². The first-order valence-corrected chi connectivity index (χ1v) is 7.32. The third-order valence-electron chi connectivity index (χ3n) is 3.22. The Hall–Kier alpha value is -0.300. The first kappa shape index (κ1) is 16.8. The van der Waals surface area contributed by atoms with Crippen molar-refractivity contribution in [3.8, 4) is 0 Å². The number of nitrogens with two attached hydrogens (primary N) is 1. The zero-order chi connectivity index (χ0) is 13.0. The van der Waals surface area contributed by atoms with Gasteiger partial charge in [-0.2, -0.15) is 0 Å². The molecule has 19 heavy (non-hydrogen) atoms. The van der Waals surface area contributed by atoms with Gasteiger partial charge in [-0.3, -0.25) is 4.99 Å². The number of nitrogens with zero attached hydrogens (tertiary/aromatic N) is 1. The van der Waals surface area contributed by atoms with Crippen molar-refractivity contribution in [3.63, 3.8) is 0 Å². The molecule has 2 rings (SSSR count). The number of aliphatic imine (C=N–C) groups is 1. The number of nitrogens with one attached hydrogen (secondary N) is 1. The van der Waals surface area contributed by atoms with Crippen LogP contribution in [0.3, 0.4) is 0 Å². The third-order valence-corrected chi connectivity index (χ3v) is 3.74. The number of hydrogen-bond acceptors (Lipinski definition) is 1. The summed E-state index contributed by atoms with van der Waals surface area (Å²) in [7, 11) is 0. The summed E-state index contributed by atoms with van der Waals surface area (Å²) in [4.78, 5) is 4.31. The van der Waals surface area contributed by atoms with Crippen molar-refractivity contribution in [1.29, 1.82) is 0 Å². The van der Waals surface area contributed by atoms with Gasteiger partial charge in [0, 0.05) is 23.0 Å². The Morgan fingerprint density at radius 1 is 1.42 bits per heavy atom. The smallest absolute Gasteiger partial charge is 0.188 e. The second-order valence-corrected chi connectivity index (χ2v) is 5.68. The number of hydrogen-bond donors (Lipinski definition) is 2. The number of rotatable bonds is 5. The quantitative estimate of drug-likeness (QED) is 0.320. The second kappa shape index (κ2) is 8.09. The fourth-order valence-electron chi connectivity index (χ4n) is 2.03. The lowest BCUT2D eigenvalue weighted by Gasteiger charge is -2.05. The minimum Gasteiger partial charge on any atom is -0.370 e. The molecule has 106 valence electrons. The van der Waals surface area contributed by atoms with Crippen molar-refractivity contribution in [1.82, 2.24) is 5.32 Å². The largest absolute Gasteiger partial charge is 0.370 e. The van der Waals surface area contributed by atoms with E-state index in [1.165, 1.54) is 5.56 Å². The SMILES string of the molecule is CCCCN=C(N)NC1CC1c1ccc(Br)cc1.I. The Morgan fingerprint density at radius 2 is 2.11 bits per heavy atom. The van der Waals surface area contributed by atoms with Gasteiger partial charge in [0.2, 0.25) is 0 Å². The molecule has 0 saturated heterocycles. The van der Waals surface area contributed by atoms with E-state index < -0.39 is 0 Å². The van der Waals surface area contributed by atoms with Crippen molar-refractivity contribution < 1.29 is 0 Å². The lowest BCUT2D eigenvalue weighted by atomic mass is 10.1. The van der Waals surface area contributed by atoms with Crippen LogP contribution in [0.4, 0.5) is 0 Å². The Balaban J connectivity index is 0.00000180. The molecule has 0 radical (unpaired) electrons. The first-order valence-electron chi connectivity index (χ1n) is 6.52. The van der Waals surface area contributed by atoms with E-state index in [1.54, 1.807) is 0 Å². The highest BCUT2D eigenvalue weighted by molar-refractivity contribution is 14.0. The van der Waals surface area contributed by atoms with Crippen LogP contribution in [0.5, 0.6) is 0 Å². The van der Waals surface area contributed by atoms with Gasteiger partial charge in [-0.05, 0) is 30.5 Å². The molecule has 1 fully saturated rings. The van der Waals surface area contributed by atoms with Crippen LogP contribution in [0.2, 0.25) is 0 Å². The molecule has 0 amide bonds. The zero-order valence-electron chi connectivity index (χ0n) is 11.1. The Labute approximate surface area is 140 Å². The Morgan fingerprint density at radius 3 is 2.74 bits per heavy atom. The summed E-state index contributed by atoms with van der Waals surface area (Å²) in [5, 5.41) is 3.29. The predicted octanol–water partition coefficient (Wildman–Crippen LogP) is 3.63. The summed E-state index contributed by atoms with van der Waals surface area (Å²) in [5.41, 5.74) is 7.22. The van der Waals surface area contributed by atoms with Gasteiger partial charge in [0.1, 0.15) is 0 Å². The van der Waals surface area contributed by atoms with Gasteiger partial charge >= 0.3 is 0 Å². The molecule has 1 saturated carbocycles. The van der Waals surface area contributed by atoms with Crippen molar-refractivity contribution in [2.75, 3.05) is 6.54 Å². The summed E-state index contributed by atoms with van der Waals surface area (Å²) < 4.78 is 1.12. The highest BCUT2D eigenvalue weighted by Crippen LogP contribution is 2.40. The van der Waals surface area contributed by atoms with Crippen LogP contribution in [0.15, 0.2) is 33.7 Å². The van der Waals surface area contributed by atoms with Crippen molar-refractivity contribution in [2.24, 2.45) is 10.7 Å². The summed E-state index contributed by atoms with van der Waals surface area (Å²) in [5.74, 6) is 1.17. The maximum atomic E-state index is 5.85. The molecule has 1 aromatic carbocycles. The fraction of sp³-hybridized carbons (Fsp3) is 0.500. The minimum atomic E-state index is 0. The summed E-state index contributed by atoms with van der Waals surface area (Å²) >= 11 is 3.45. The highest BCUT2D eigenvalue weighted by Gasteiger charge is 2.38. The molecule has 5 heteroatoms. The van der Waals surface area contributed by atoms with Crippen LogP contribution in [-0.4, -0.2) is 18.5 Å². The van der Waals surface area contributed by atoms with Crippen LogP contribution in [0.25, 0.3) is 0 Å². The summed E-state index contributed by atoms with van der Waals surface area (Å²) in [6.45, 7) is 2.98. The molecule has 0 aliphatic heterocycles. The van der Waals surface area contributed by atoms with E-state index in [0.29, 0.717) is 17.9 Å². The number of unbranched alkanes of at least 4 members (excludes halogenated alkanes) is 1. The number of halogens is 2. The van der Waals surface area contributed by atoms with Crippen molar-refractivity contribution in [2.45, 2.75) is 38.1 Å². The normalized spacial score (nSPS) is 21.7. The standard InChI is InChI=1S/C14H20BrN3.HI/c1-2-3-8-17-14(16)18-13-9-12(13)10-4-6-11(15)7-5-10;/h4-7,12-13H,2-3,8-9H2,1H3,(H3,16,17,18);1H. The van der Waals surface area contributed by atoms with Crippen LogP contribution < -0.4 is 11.1 Å². The van der Waals surface area contributed by atoms with Gasteiger partial charge < -0.3 is 11.1 Å². The van der Waals surface area contributed by atoms with E-state index in [9.17, 15) is 0 Å². The predicted molar refractivity (Wildman–Crippen MR) is 95.2 cm³/mol. The Kier molecular flexibility index (Phi) is 7.13. The van der Waals surface area contributed by atoms with E-state index >= 15 is 0 Å².